The standard InChI is InChI=1S/C10H13ClN4O2/c11-8-4-2-1-3-6(8)7(10(17)15-13)5-9(16)14-12/h1-4,7H,5,12-13H2,(H,14,16)(H,15,17). The molecule has 2 amide bonds. The highest BCUT2D eigenvalue weighted by Crippen LogP contribution is 2.26. The van der Waals surface area contributed by atoms with E-state index >= 15 is 0 Å². The Morgan fingerprint density at radius 1 is 1.24 bits per heavy atom. The Hall–Kier alpha value is -1.63. The summed E-state index contributed by atoms with van der Waals surface area (Å²) in [6, 6.07) is 6.74. The number of hydrazine groups is 2. The van der Waals surface area contributed by atoms with Crippen molar-refractivity contribution in [3.05, 3.63) is 34.9 Å². The Bertz CT molecular complexity index is 425. The molecule has 1 aromatic carbocycles. The zero-order valence-corrected chi connectivity index (χ0v) is 9.70. The van der Waals surface area contributed by atoms with Crippen molar-refractivity contribution in [1.82, 2.24) is 10.9 Å². The van der Waals surface area contributed by atoms with Crippen LogP contribution in [0.3, 0.4) is 0 Å². The number of nitrogens with one attached hydrogen (secondary N) is 2. The van der Waals surface area contributed by atoms with E-state index in [2.05, 4.69) is 0 Å². The highest BCUT2D eigenvalue weighted by Gasteiger charge is 2.24. The van der Waals surface area contributed by atoms with Crippen LogP contribution in [0.5, 0.6) is 0 Å². The van der Waals surface area contributed by atoms with E-state index in [1.807, 2.05) is 10.9 Å². The van der Waals surface area contributed by atoms with Gasteiger partial charge in [0.15, 0.2) is 0 Å². The number of amides is 2. The molecule has 92 valence electrons. The molecule has 0 radical (unpaired) electrons. The van der Waals surface area contributed by atoms with E-state index in [4.69, 9.17) is 23.3 Å². The molecule has 17 heavy (non-hydrogen) atoms. The number of hydrogen-bond acceptors (Lipinski definition) is 4. The Kier molecular flexibility index (Phi) is 4.89. The van der Waals surface area contributed by atoms with Crippen LogP contribution in [0.4, 0.5) is 0 Å². The van der Waals surface area contributed by atoms with E-state index in [0.717, 1.165) is 0 Å². The summed E-state index contributed by atoms with van der Waals surface area (Å²) in [4.78, 5) is 22.8. The molecule has 0 heterocycles. The number of nitrogens with two attached hydrogens (primary N) is 2. The minimum Gasteiger partial charge on any atom is -0.294 e. The predicted octanol–water partition coefficient (Wildman–Crippen LogP) is -0.206. The summed E-state index contributed by atoms with van der Waals surface area (Å²) in [5.41, 5.74) is 4.49. The third kappa shape index (κ3) is 3.42. The van der Waals surface area contributed by atoms with Gasteiger partial charge in [-0.05, 0) is 11.6 Å². The van der Waals surface area contributed by atoms with Gasteiger partial charge in [-0.1, -0.05) is 29.8 Å². The minimum atomic E-state index is -0.766. The first-order valence-corrected chi connectivity index (χ1v) is 5.22. The zero-order chi connectivity index (χ0) is 12.8. The Morgan fingerprint density at radius 2 is 1.88 bits per heavy atom. The minimum absolute atomic E-state index is 0.122. The fraction of sp³-hybridized carbons (Fsp3) is 0.200. The molecule has 1 aromatic rings. The molecule has 0 spiro atoms. The third-order valence-electron chi connectivity index (χ3n) is 2.29. The molecule has 0 fully saturated rings. The van der Waals surface area contributed by atoms with Gasteiger partial charge >= 0.3 is 0 Å². The van der Waals surface area contributed by atoms with Crippen LogP contribution < -0.4 is 22.5 Å². The lowest BCUT2D eigenvalue weighted by Crippen LogP contribution is -2.38. The van der Waals surface area contributed by atoms with E-state index < -0.39 is 17.7 Å². The molecule has 0 aliphatic carbocycles. The summed E-state index contributed by atoms with van der Waals surface area (Å²) in [6.07, 6.45) is -0.122. The lowest BCUT2D eigenvalue weighted by atomic mass is 9.94. The maximum Gasteiger partial charge on any atom is 0.241 e. The van der Waals surface area contributed by atoms with Crippen molar-refractivity contribution in [2.45, 2.75) is 12.3 Å². The monoisotopic (exact) mass is 256 g/mol. The van der Waals surface area contributed by atoms with E-state index in [1.165, 1.54) is 0 Å². The second kappa shape index (κ2) is 6.19. The van der Waals surface area contributed by atoms with Crippen LogP contribution >= 0.6 is 11.6 Å². The molecule has 0 saturated heterocycles. The van der Waals surface area contributed by atoms with Gasteiger partial charge in [-0.2, -0.15) is 0 Å². The first-order valence-electron chi connectivity index (χ1n) is 4.84. The van der Waals surface area contributed by atoms with Crippen molar-refractivity contribution in [3.63, 3.8) is 0 Å². The third-order valence-corrected chi connectivity index (χ3v) is 2.63. The van der Waals surface area contributed by atoms with E-state index in [1.54, 1.807) is 24.3 Å². The molecule has 0 saturated carbocycles. The van der Waals surface area contributed by atoms with Gasteiger partial charge in [0.2, 0.25) is 11.8 Å². The number of halogens is 1. The van der Waals surface area contributed by atoms with Gasteiger partial charge in [0.05, 0.1) is 5.92 Å². The van der Waals surface area contributed by atoms with Crippen LogP contribution in [0.25, 0.3) is 0 Å². The summed E-state index contributed by atoms with van der Waals surface area (Å²) in [5, 5.41) is 0.394. The average Bonchev–Trinajstić information content (AvgIpc) is 2.35. The molecule has 7 heteroatoms. The van der Waals surface area contributed by atoms with Crippen LogP contribution in [-0.4, -0.2) is 11.8 Å². The molecule has 0 aromatic heterocycles. The Balaban J connectivity index is 3.02. The zero-order valence-electron chi connectivity index (χ0n) is 8.94. The predicted molar refractivity (Wildman–Crippen MR) is 63.5 cm³/mol. The molecule has 0 aliphatic rings. The van der Waals surface area contributed by atoms with Crippen molar-refractivity contribution in [2.24, 2.45) is 11.7 Å². The fourth-order valence-corrected chi connectivity index (χ4v) is 1.71. The first kappa shape index (κ1) is 13.4. The number of benzene rings is 1. The van der Waals surface area contributed by atoms with Crippen LogP contribution in [-0.2, 0) is 9.59 Å². The number of carbonyl (C=O) groups excluding carboxylic acids is 2. The molecule has 6 N–H and O–H groups in total. The van der Waals surface area contributed by atoms with Gasteiger partial charge in [-0.3, -0.25) is 20.4 Å². The lowest BCUT2D eigenvalue weighted by molar-refractivity contribution is -0.127. The van der Waals surface area contributed by atoms with Crippen molar-refractivity contribution in [1.29, 1.82) is 0 Å². The molecule has 1 unspecified atom stereocenters. The second-order valence-electron chi connectivity index (χ2n) is 3.35. The van der Waals surface area contributed by atoms with Gasteiger partial charge in [-0.25, -0.2) is 11.7 Å². The molecule has 0 bridgehead atoms. The van der Waals surface area contributed by atoms with Crippen molar-refractivity contribution in [3.8, 4) is 0 Å². The second-order valence-corrected chi connectivity index (χ2v) is 3.76. The maximum absolute atomic E-state index is 11.6. The number of hydrogen-bond donors (Lipinski definition) is 4. The highest BCUT2D eigenvalue weighted by atomic mass is 35.5. The van der Waals surface area contributed by atoms with E-state index in [0.29, 0.717) is 10.6 Å². The molecule has 1 atom stereocenters. The molecule has 6 nitrogen and oxygen atoms in total. The van der Waals surface area contributed by atoms with Gasteiger partial charge in [-0.15, -0.1) is 0 Å². The van der Waals surface area contributed by atoms with Gasteiger partial charge in [0.1, 0.15) is 0 Å². The summed E-state index contributed by atoms with van der Waals surface area (Å²) >= 11 is 5.96. The number of rotatable bonds is 4. The number of carbonyl (C=O) groups is 2. The Morgan fingerprint density at radius 3 is 2.41 bits per heavy atom. The smallest absolute Gasteiger partial charge is 0.241 e. The fourth-order valence-electron chi connectivity index (χ4n) is 1.45. The lowest BCUT2D eigenvalue weighted by Gasteiger charge is -2.15. The quantitative estimate of drug-likeness (QED) is 0.339. The summed E-state index contributed by atoms with van der Waals surface area (Å²) in [6.45, 7) is 0. The van der Waals surface area contributed by atoms with E-state index in [9.17, 15) is 9.59 Å². The van der Waals surface area contributed by atoms with Crippen molar-refractivity contribution < 1.29 is 9.59 Å². The molecular weight excluding hydrogens is 244 g/mol. The molecular formula is C10H13ClN4O2. The van der Waals surface area contributed by atoms with Crippen molar-refractivity contribution in [2.75, 3.05) is 0 Å². The van der Waals surface area contributed by atoms with Gasteiger partial charge in [0, 0.05) is 11.4 Å². The highest BCUT2D eigenvalue weighted by molar-refractivity contribution is 6.31. The van der Waals surface area contributed by atoms with Gasteiger partial charge in [0.25, 0.3) is 0 Å². The van der Waals surface area contributed by atoms with Gasteiger partial charge < -0.3 is 0 Å². The SMILES string of the molecule is NNC(=O)CC(C(=O)NN)c1ccccc1Cl. The van der Waals surface area contributed by atoms with Crippen LogP contribution in [0.1, 0.15) is 17.9 Å². The Labute approximate surface area is 103 Å². The normalized spacial score (nSPS) is 11.7. The van der Waals surface area contributed by atoms with Crippen molar-refractivity contribution >= 4 is 23.4 Å². The summed E-state index contributed by atoms with van der Waals surface area (Å²) in [5.74, 6) is 8.32. The molecule has 1 rings (SSSR count). The van der Waals surface area contributed by atoms with Crippen LogP contribution in [0.2, 0.25) is 5.02 Å². The maximum atomic E-state index is 11.6. The largest absolute Gasteiger partial charge is 0.294 e. The average molecular weight is 257 g/mol. The first-order chi connectivity index (χ1) is 8.10. The van der Waals surface area contributed by atoms with Crippen LogP contribution in [0.15, 0.2) is 24.3 Å². The summed E-state index contributed by atoms with van der Waals surface area (Å²) < 4.78 is 0. The molecule has 0 aliphatic heterocycles. The van der Waals surface area contributed by atoms with Crippen LogP contribution in [0, 0.1) is 0 Å². The topological polar surface area (TPSA) is 110 Å². The summed E-state index contributed by atoms with van der Waals surface area (Å²) in [7, 11) is 0. The van der Waals surface area contributed by atoms with E-state index in [-0.39, 0.29) is 6.42 Å².